The number of hydrogen-bond acceptors (Lipinski definition) is 5. The Labute approximate surface area is 110 Å². The van der Waals surface area contributed by atoms with E-state index in [1.165, 1.54) is 10.8 Å². The molecule has 7 heteroatoms. The highest BCUT2D eigenvalue weighted by atomic mass is 16.5. The standard InChI is InChI=1S/C12H18N4O3/c1-8(19-5-4-18-3)6-10-9(2)15-12-13-7-14-16(12)11(10)17/h7-8H,4-6H2,1-3H3,(H,13,14,15). The Hall–Kier alpha value is -1.73. The number of aromatic nitrogens is 4. The summed E-state index contributed by atoms with van der Waals surface area (Å²) in [6, 6.07) is 0. The minimum atomic E-state index is -0.123. The summed E-state index contributed by atoms with van der Waals surface area (Å²) < 4.78 is 11.8. The van der Waals surface area contributed by atoms with Crippen LogP contribution in [0.3, 0.4) is 0 Å². The molecule has 19 heavy (non-hydrogen) atoms. The Morgan fingerprint density at radius 3 is 3.00 bits per heavy atom. The van der Waals surface area contributed by atoms with Gasteiger partial charge in [0.05, 0.1) is 25.0 Å². The molecule has 0 fully saturated rings. The zero-order chi connectivity index (χ0) is 13.8. The summed E-state index contributed by atoms with van der Waals surface area (Å²) in [5.41, 5.74) is 1.22. The summed E-state index contributed by atoms with van der Waals surface area (Å²) in [7, 11) is 1.63. The van der Waals surface area contributed by atoms with Crippen molar-refractivity contribution in [3.8, 4) is 0 Å². The third-order valence-electron chi connectivity index (χ3n) is 2.91. The number of ether oxygens (including phenoxy) is 2. The lowest BCUT2D eigenvalue weighted by Gasteiger charge is -2.13. The largest absolute Gasteiger partial charge is 0.382 e. The third-order valence-corrected chi connectivity index (χ3v) is 2.91. The van der Waals surface area contributed by atoms with E-state index in [4.69, 9.17) is 9.47 Å². The number of methoxy groups -OCH3 is 1. The molecule has 1 N–H and O–H groups in total. The predicted octanol–water partition coefficient (Wildman–Crippen LogP) is 0.320. The molecule has 1 unspecified atom stereocenters. The van der Waals surface area contributed by atoms with Gasteiger partial charge in [0.2, 0.25) is 0 Å². The molecule has 1 atom stereocenters. The van der Waals surface area contributed by atoms with Crippen LogP contribution in [0.4, 0.5) is 0 Å². The number of aryl methyl sites for hydroxylation is 1. The van der Waals surface area contributed by atoms with Crippen LogP contribution in [0.25, 0.3) is 5.78 Å². The van der Waals surface area contributed by atoms with Crippen molar-refractivity contribution in [1.29, 1.82) is 0 Å². The number of aromatic amines is 1. The summed E-state index contributed by atoms with van der Waals surface area (Å²) in [4.78, 5) is 20.5. The predicted molar refractivity (Wildman–Crippen MR) is 69.3 cm³/mol. The van der Waals surface area contributed by atoms with Crippen LogP contribution in [0.5, 0.6) is 0 Å². The number of nitrogens with zero attached hydrogens (tertiary/aromatic N) is 3. The molecule has 2 aromatic heterocycles. The maximum atomic E-state index is 12.2. The summed E-state index contributed by atoms with van der Waals surface area (Å²) in [5, 5.41) is 2.75. The summed E-state index contributed by atoms with van der Waals surface area (Å²) in [6.45, 7) is 4.79. The Morgan fingerprint density at radius 1 is 1.47 bits per heavy atom. The Morgan fingerprint density at radius 2 is 2.26 bits per heavy atom. The van der Waals surface area contributed by atoms with Gasteiger partial charge in [-0.3, -0.25) is 9.89 Å². The van der Waals surface area contributed by atoms with Crippen LogP contribution in [-0.2, 0) is 15.9 Å². The highest BCUT2D eigenvalue weighted by Crippen LogP contribution is 2.06. The van der Waals surface area contributed by atoms with Gasteiger partial charge in [-0.15, -0.1) is 0 Å². The summed E-state index contributed by atoms with van der Waals surface area (Å²) >= 11 is 0. The number of fused-ring (bicyclic) bond motifs is 1. The molecule has 0 saturated heterocycles. The molecule has 0 saturated carbocycles. The first-order valence-electron chi connectivity index (χ1n) is 6.15. The molecule has 0 amide bonds. The van der Waals surface area contributed by atoms with Crippen LogP contribution in [-0.4, -0.2) is 46.0 Å². The van der Waals surface area contributed by atoms with Crippen LogP contribution in [0.1, 0.15) is 18.2 Å². The van der Waals surface area contributed by atoms with Crippen molar-refractivity contribution >= 4 is 5.78 Å². The molecule has 0 aliphatic carbocycles. The fourth-order valence-corrected chi connectivity index (χ4v) is 1.91. The van der Waals surface area contributed by atoms with Gasteiger partial charge in [0.15, 0.2) is 0 Å². The molecule has 0 aliphatic heterocycles. The maximum absolute atomic E-state index is 12.2. The minimum Gasteiger partial charge on any atom is -0.382 e. The lowest BCUT2D eigenvalue weighted by Crippen LogP contribution is -2.26. The van der Waals surface area contributed by atoms with Gasteiger partial charge < -0.3 is 9.47 Å². The number of nitrogens with one attached hydrogen (secondary N) is 1. The molecule has 2 rings (SSSR count). The number of rotatable bonds is 6. The van der Waals surface area contributed by atoms with E-state index in [-0.39, 0.29) is 11.7 Å². The SMILES string of the molecule is COCCOC(C)Cc1c(C)nc2nc[nH]n2c1=O. The summed E-state index contributed by atoms with van der Waals surface area (Å²) in [6.07, 6.45) is 1.90. The van der Waals surface area contributed by atoms with Gasteiger partial charge in [-0.2, -0.15) is 4.52 Å². The van der Waals surface area contributed by atoms with Gasteiger partial charge in [0.25, 0.3) is 11.3 Å². The van der Waals surface area contributed by atoms with E-state index >= 15 is 0 Å². The first-order valence-corrected chi connectivity index (χ1v) is 6.15. The molecule has 0 radical (unpaired) electrons. The molecule has 104 valence electrons. The van der Waals surface area contributed by atoms with Gasteiger partial charge in [-0.05, 0) is 13.8 Å². The normalized spacial score (nSPS) is 13.0. The average molecular weight is 266 g/mol. The van der Waals surface area contributed by atoms with Crippen molar-refractivity contribution in [2.45, 2.75) is 26.4 Å². The molecule has 2 heterocycles. The topological polar surface area (TPSA) is 81.5 Å². The van der Waals surface area contributed by atoms with Crippen molar-refractivity contribution in [3.05, 3.63) is 27.9 Å². The van der Waals surface area contributed by atoms with E-state index in [1.807, 2.05) is 13.8 Å². The quantitative estimate of drug-likeness (QED) is 0.761. The van der Waals surface area contributed by atoms with Crippen LogP contribution >= 0.6 is 0 Å². The third kappa shape index (κ3) is 2.99. The second-order valence-electron chi connectivity index (χ2n) is 4.38. The average Bonchev–Trinajstić information content (AvgIpc) is 2.83. The van der Waals surface area contributed by atoms with Crippen LogP contribution < -0.4 is 5.56 Å². The van der Waals surface area contributed by atoms with Crippen molar-refractivity contribution in [2.24, 2.45) is 0 Å². The van der Waals surface area contributed by atoms with E-state index < -0.39 is 0 Å². The molecule has 0 spiro atoms. The van der Waals surface area contributed by atoms with Crippen LogP contribution in [0, 0.1) is 6.92 Å². The molecular formula is C12H18N4O3. The van der Waals surface area contributed by atoms with Crippen molar-refractivity contribution in [2.75, 3.05) is 20.3 Å². The van der Waals surface area contributed by atoms with Crippen LogP contribution in [0.2, 0.25) is 0 Å². The number of hydrogen-bond donors (Lipinski definition) is 1. The van der Waals surface area contributed by atoms with Crippen molar-refractivity contribution in [3.63, 3.8) is 0 Å². The lowest BCUT2D eigenvalue weighted by molar-refractivity contribution is 0.0264. The van der Waals surface area contributed by atoms with E-state index in [1.54, 1.807) is 7.11 Å². The molecular weight excluding hydrogens is 248 g/mol. The monoisotopic (exact) mass is 266 g/mol. The van der Waals surface area contributed by atoms with Gasteiger partial charge in [-0.25, -0.2) is 9.97 Å². The molecule has 2 aromatic rings. The van der Waals surface area contributed by atoms with E-state index in [2.05, 4.69) is 15.1 Å². The fourth-order valence-electron chi connectivity index (χ4n) is 1.91. The van der Waals surface area contributed by atoms with Gasteiger partial charge >= 0.3 is 0 Å². The lowest BCUT2D eigenvalue weighted by atomic mass is 10.1. The Bertz CT molecular complexity index is 605. The van der Waals surface area contributed by atoms with Crippen molar-refractivity contribution in [1.82, 2.24) is 19.6 Å². The first-order chi connectivity index (χ1) is 9.13. The second kappa shape index (κ2) is 5.94. The molecule has 7 nitrogen and oxygen atoms in total. The van der Waals surface area contributed by atoms with Gasteiger partial charge in [0.1, 0.15) is 6.33 Å². The number of H-pyrrole nitrogens is 1. The Kier molecular flexibility index (Phi) is 4.28. The smallest absolute Gasteiger partial charge is 0.277 e. The van der Waals surface area contributed by atoms with Gasteiger partial charge in [0, 0.05) is 19.1 Å². The maximum Gasteiger partial charge on any atom is 0.277 e. The first kappa shape index (κ1) is 13.7. The molecule has 0 aromatic carbocycles. The van der Waals surface area contributed by atoms with E-state index in [0.717, 1.165) is 0 Å². The van der Waals surface area contributed by atoms with Gasteiger partial charge in [-0.1, -0.05) is 0 Å². The zero-order valence-electron chi connectivity index (χ0n) is 11.3. The Balaban J connectivity index is 2.18. The van der Waals surface area contributed by atoms with E-state index in [9.17, 15) is 4.79 Å². The van der Waals surface area contributed by atoms with Crippen LogP contribution in [0.15, 0.2) is 11.1 Å². The second-order valence-corrected chi connectivity index (χ2v) is 4.38. The fraction of sp³-hybridized carbons (Fsp3) is 0.583. The molecule has 0 bridgehead atoms. The minimum absolute atomic E-state index is 0.0654. The molecule has 0 aliphatic rings. The van der Waals surface area contributed by atoms with Crippen molar-refractivity contribution < 1.29 is 9.47 Å². The van der Waals surface area contributed by atoms with E-state index in [0.29, 0.717) is 36.7 Å². The summed E-state index contributed by atoms with van der Waals surface area (Å²) in [5.74, 6) is 0.388. The highest BCUT2D eigenvalue weighted by Gasteiger charge is 2.14. The zero-order valence-corrected chi connectivity index (χ0v) is 11.3. The highest BCUT2D eigenvalue weighted by molar-refractivity contribution is 5.30.